The van der Waals surface area contributed by atoms with Crippen molar-refractivity contribution < 1.29 is 0 Å². The van der Waals surface area contributed by atoms with E-state index in [4.69, 9.17) is 0 Å². The van der Waals surface area contributed by atoms with Crippen molar-refractivity contribution in [2.45, 2.75) is 26.3 Å². The molecule has 2 aromatic rings. The molecule has 1 aromatic heterocycles. The molecule has 4 heteroatoms. The maximum absolute atomic E-state index is 4.24. The van der Waals surface area contributed by atoms with Crippen LogP contribution in [0, 0.1) is 6.92 Å². The summed E-state index contributed by atoms with van der Waals surface area (Å²) in [6, 6.07) is 6.81. The summed E-state index contributed by atoms with van der Waals surface area (Å²) in [5, 5.41) is 7.81. The molecule has 1 aromatic carbocycles. The van der Waals surface area contributed by atoms with Crippen molar-refractivity contribution in [2.24, 2.45) is 7.05 Å². The van der Waals surface area contributed by atoms with Gasteiger partial charge in [-0.05, 0) is 48.7 Å². The lowest BCUT2D eigenvalue weighted by Crippen LogP contribution is -2.23. The van der Waals surface area contributed by atoms with E-state index in [9.17, 15) is 0 Å². The minimum Gasteiger partial charge on any atom is -0.310 e. The van der Waals surface area contributed by atoms with E-state index < -0.39 is 0 Å². The number of aromatic nitrogens is 2. The summed E-state index contributed by atoms with van der Waals surface area (Å²) in [6.45, 7) is 5.26. The van der Waals surface area contributed by atoms with Gasteiger partial charge in [-0.3, -0.25) is 4.68 Å². The number of hydrogen-bond donors (Lipinski definition) is 1. The quantitative estimate of drug-likeness (QED) is 0.914. The van der Waals surface area contributed by atoms with Crippen LogP contribution in [0.5, 0.6) is 0 Å². The van der Waals surface area contributed by atoms with Gasteiger partial charge in [0.05, 0.1) is 6.20 Å². The molecule has 1 N–H and O–H groups in total. The van der Waals surface area contributed by atoms with Crippen LogP contribution in [0.15, 0.2) is 35.1 Å². The lowest BCUT2D eigenvalue weighted by molar-refractivity contribution is 0.547. The number of likely N-dealkylation sites (N-methyl/N-ethyl adjacent to an activating group) is 1. The molecule has 0 spiro atoms. The minimum atomic E-state index is 0.335. The summed E-state index contributed by atoms with van der Waals surface area (Å²) in [6.07, 6.45) is 4.99. The summed E-state index contributed by atoms with van der Waals surface area (Å²) in [4.78, 5) is 0. The van der Waals surface area contributed by atoms with Crippen molar-refractivity contribution in [3.63, 3.8) is 0 Å². The number of aryl methyl sites for hydroxylation is 2. The first-order valence-electron chi connectivity index (χ1n) is 6.57. The zero-order valence-corrected chi connectivity index (χ0v) is 13.2. The normalized spacial score (nSPS) is 12.6. The number of benzene rings is 1. The van der Waals surface area contributed by atoms with Gasteiger partial charge in [0.15, 0.2) is 0 Å². The van der Waals surface area contributed by atoms with E-state index in [0.29, 0.717) is 6.04 Å². The topological polar surface area (TPSA) is 29.9 Å². The number of halogens is 1. The molecule has 0 bridgehead atoms. The molecular formula is C15H20BrN3. The smallest absolute Gasteiger partial charge is 0.0522 e. The van der Waals surface area contributed by atoms with Crippen molar-refractivity contribution in [3.05, 3.63) is 51.8 Å². The Kier molecular flexibility index (Phi) is 4.77. The van der Waals surface area contributed by atoms with Crippen LogP contribution in [-0.4, -0.2) is 16.3 Å². The summed E-state index contributed by atoms with van der Waals surface area (Å²) in [5.41, 5.74) is 3.92. The van der Waals surface area contributed by atoms with Crippen molar-refractivity contribution in [3.8, 4) is 0 Å². The third-order valence-electron chi connectivity index (χ3n) is 3.26. The SMILES string of the molecule is CCNC(Cc1cnn(C)c1)c1ccc(Br)cc1C. The molecule has 1 heterocycles. The van der Waals surface area contributed by atoms with E-state index in [1.807, 2.05) is 17.9 Å². The third-order valence-corrected chi connectivity index (χ3v) is 3.75. The molecule has 0 aliphatic carbocycles. The fourth-order valence-corrected chi connectivity index (χ4v) is 2.86. The Balaban J connectivity index is 2.23. The molecule has 1 unspecified atom stereocenters. The summed E-state index contributed by atoms with van der Waals surface area (Å²) < 4.78 is 2.98. The highest BCUT2D eigenvalue weighted by molar-refractivity contribution is 9.10. The van der Waals surface area contributed by atoms with Gasteiger partial charge in [0.2, 0.25) is 0 Å². The average molecular weight is 322 g/mol. The summed E-state index contributed by atoms with van der Waals surface area (Å²) in [5.74, 6) is 0. The predicted molar refractivity (Wildman–Crippen MR) is 82.2 cm³/mol. The number of nitrogens with one attached hydrogen (secondary N) is 1. The third kappa shape index (κ3) is 3.67. The maximum Gasteiger partial charge on any atom is 0.0522 e. The standard InChI is InChI=1S/C15H20BrN3/c1-4-17-15(8-12-9-18-19(3)10-12)14-6-5-13(16)7-11(14)2/h5-7,9-10,15,17H,4,8H2,1-3H3. The van der Waals surface area contributed by atoms with Gasteiger partial charge in [0, 0.05) is 23.8 Å². The van der Waals surface area contributed by atoms with Crippen LogP contribution in [0.1, 0.15) is 29.7 Å². The van der Waals surface area contributed by atoms with Crippen LogP contribution in [0.25, 0.3) is 0 Å². The van der Waals surface area contributed by atoms with Crippen LogP contribution in [0.4, 0.5) is 0 Å². The monoisotopic (exact) mass is 321 g/mol. The van der Waals surface area contributed by atoms with Crippen LogP contribution >= 0.6 is 15.9 Å². The molecule has 0 fully saturated rings. The highest BCUT2D eigenvalue weighted by Crippen LogP contribution is 2.24. The van der Waals surface area contributed by atoms with Crippen molar-refractivity contribution >= 4 is 15.9 Å². The summed E-state index contributed by atoms with van der Waals surface area (Å²) in [7, 11) is 1.95. The van der Waals surface area contributed by atoms with Crippen LogP contribution < -0.4 is 5.32 Å². The van der Waals surface area contributed by atoms with E-state index in [-0.39, 0.29) is 0 Å². The molecular weight excluding hydrogens is 302 g/mol. The fraction of sp³-hybridized carbons (Fsp3) is 0.400. The molecule has 0 amide bonds. The molecule has 0 aliphatic heterocycles. The molecule has 102 valence electrons. The maximum atomic E-state index is 4.24. The highest BCUT2D eigenvalue weighted by atomic mass is 79.9. The predicted octanol–water partition coefficient (Wildman–Crippen LogP) is 3.38. The Morgan fingerprint density at radius 1 is 1.42 bits per heavy atom. The fourth-order valence-electron chi connectivity index (χ4n) is 2.38. The van der Waals surface area contributed by atoms with Crippen molar-refractivity contribution in [1.82, 2.24) is 15.1 Å². The molecule has 1 atom stereocenters. The van der Waals surface area contributed by atoms with Crippen LogP contribution in [0.2, 0.25) is 0 Å². The number of hydrogen-bond acceptors (Lipinski definition) is 2. The van der Waals surface area contributed by atoms with E-state index in [1.54, 1.807) is 0 Å². The average Bonchev–Trinajstić information content (AvgIpc) is 2.74. The first-order chi connectivity index (χ1) is 9.10. The second kappa shape index (κ2) is 6.35. The van der Waals surface area contributed by atoms with Gasteiger partial charge in [-0.15, -0.1) is 0 Å². The largest absolute Gasteiger partial charge is 0.310 e. The van der Waals surface area contributed by atoms with E-state index in [2.05, 4.69) is 64.6 Å². The second-order valence-corrected chi connectivity index (χ2v) is 5.75. The van der Waals surface area contributed by atoms with Gasteiger partial charge >= 0.3 is 0 Å². The zero-order valence-electron chi connectivity index (χ0n) is 11.7. The van der Waals surface area contributed by atoms with Gasteiger partial charge in [-0.25, -0.2) is 0 Å². The molecule has 0 radical (unpaired) electrons. The van der Waals surface area contributed by atoms with Crippen molar-refractivity contribution in [1.29, 1.82) is 0 Å². The van der Waals surface area contributed by atoms with Gasteiger partial charge in [-0.2, -0.15) is 5.10 Å². The van der Waals surface area contributed by atoms with Gasteiger partial charge < -0.3 is 5.32 Å². The summed E-state index contributed by atoms with van der Waals surface area (Å²) >= 11 is 3.52. The second-order valence-electron chi connectivity index (χ2n) is 4.84. The Bertz CT molecular complexity index is 548. The van der Waals surface area contributed by atoms with Gasteiger partial charge in [0.1, 0.15) is 0 Å². The van der Waals surface area contributed by atoms with E-state index >= 15 is 0 Å². The first kappa shape index (κ1) is 14.3. The van der Waals surface area contributed by atoms with Gasteiger partial charge in [-0.1, -0.05) is 28.9 Å². The highest BCUT2D eigenvalue weighted by Gasteiger charge is 2.14. The molecule has 0 aliphatic rings. The molecule has 0 saturated carbocycles. The number of nitrogens with zero attached hydrogens (tertiary/aromatic N) is 2. The number of rotatable bonds is 5. The van der Waals surface area contributed by atoms with Crippen molar-refractivity contribution in [2.75, 3.05) is 6.54 Å². The Hall–Kier alpha value is -1.13. The lowest BCUT2D eigenvalue weighted by Gasteiger charge is -2.20. The minimum absolute atomic E-state index is 0.335. The molecule has 3 nitrogen and oxygen atoms in total. The van der Waals surface area contributed by atoms with E-state index in [1.165, 1.54) is 16.7 Å². The zero-order chi connectivity index (χ0) is 13.8. The Morgan fingerprint density at radius 2 is 2.21 bits per heavy atom. The molecule has 2 rings (SSSR count). The molecule has 19 heavy (non-hydrogen) atoms. The van der Waals surface area contributed by atoms with Crippen LogP contribution in [-0.2, 0) is 13.5 Å². The lowest BCUT2D eigenvalue weighted by atomic mass is 9.96. The Morgan fingerprint density at radius 3 is 2.79 bits per heavy atom. The van der Waals surface area contributed by atoms with Crippen LogP contribution in [0.3, 0.4) is 0 Å². The Labute approximate surface area is 123 Å². The first-order valence-corrected chi connectivity index (χ1v) is 7.36. The van der Waals surface area contributed by atoms with E-state index in [0.717, 1.165) is 17.4 Å². The molecule has 0 saturated heterocycles. The van der Waals surface area contributed by atoms with Gasteiger partial charge in [0.25, 0.3) is 0 Å².